The van der Waals surface area contributed by atoms with Gasteiger partial charge in [0.05, 0.1) is 0 Å². The fraction of sp³-hybridized carbons (Fsp3) is 1.00. The Morgan fingerprint density at radius 1 is 1.29 bits per heavy atom. The van der Waals surface area contributed by atoms with E-state index in [0.717, 1.165) is 27.7 Å². The van der Waals surface area contributed by atoms with E-state index in [4.69, 9.17) is 0 Å². The van der Waals surface area contributed by atoms with Gasteiger partial charge >= 0.3 is 0 Å². The second-order valence-electron chi connectivity index (χ2n) is 6.80. The zero-order chi connectivity index (χ0) is 12.5. The summed E-state index contributed by atoms with van der Waals surface area (Å²) in [6, 6.07) is 0. The largest absolute Gasteiger partial charge is 0.308 e. The van der Waals surface area contributed by atoms with E-state index in [0.29, 0.717) is 0 Å². The Morgan fingerprint density at radius 2 is 1.94 bits per heavy atom. The molecule has 0 aromatic carbocycles. The molecular weight excluding hydrogens is 323 g/mol. The maximum Gasteiger partial charge on any atom is 0.0480 e. The first kappa shape index (κ1) is 14.1. The van der Waals surface area contributed by atoms with Crippen LogP contribution in [0.25, 0.3) is 0 Å². The Balaban J connectivity index is 1.63. The summed E-state index contributed by atoms with van der Waals surface area (Å²) in [4.78, 5) is 2.65. The number of halogens is 1. The third kappa shape index (κ3) is 3.35. The smallest absolute Gasteiger partial charge is 0.0480 e. The van der Waals surface area contributed by atoms with Crippen LogP contribution in [-0.4, -0.2) is 35.6 Å². The van der Waals surface area contributed by atoms with Crippen molar-refractivity contribution in [3.8, 4) is 0 Å². The van der Waals surface area contributed by atoms with Gasteiger partial charge in [-0.25, -0.2) is 0 Å². The maximum absolute atomic E-state index is 3.47. The van der Waals surface area contributed by atoms with Gasteiger partial charge in [-0.15, -0.1) is 0 Å². The van der Waals surface area contributed by atoms with Gasteiger partial charge in [0.2, 0.25) is 0 Å². The molecular formula is C14H27IN2. The van der Waals surface area contributed by atoms with Crippen LogP contribution in [-0.2, 0) is 0 Å². The molecule has 1 spiro atoms. The molecule has 2 fully saturated rings. The van der Waals surface area contributed by atoms with Crippen molar-refractivity contribution in [2.75, 3.05) is 30.7 Å². The molecule has 17 heavy (non-hydrogen) atoms. The molecule has 1 heterocycles. The quantitative estimate of drug-likeness (QED) is 0.450. The van der Waals surface area contributed by atoms with E-state index in [-0.39, 0.29) is 0 Å². The van der Waals surface area contributed by atoms with Crippen molar-refractivity contribution in [3.63, 3.8) is 0 Å². The molecule has 1 aliphatic heterocycles. The summed E-state index contributed by atoms with van der Waals surface area (Å²) >= 11 is 2.40. The van der Waals surface area contributed by atoms with E-state index in [1.165, 1.54) is 39.0 Å². The van der Waals surface area contributed by atoms with Crippen molar-refractivity contribution in [1.29, 1.82) is 0 Å². The fourth-order valence-corrected chi connectivity index (χ4v) is 4.02. The first-order chi connectivity index (χ1) is 8.04. The summed E-state index contributed by atoms with van der Waals surface area (Å²) < 4.78 is 1.09. The molecule has 1 atom stereocenters. The minimum Gasteiger partial charge on any atom is -0.308 e. The zero-order valence-corrected chi connectivity index (χ0v) is 13.7. The number of nitrogens with one attached hydrogen (secondary N) is 1. The highest BCUT2D eigenvalue weighted by Crippen LogP contribution is 2.54. The molecule has 0 radical (unpaired) electrons. The van der Waals surface area contributed by atoms with Crippen LogP contribution in [0, 0.1) is 23.2 Å². The van der Waals surface area contributed by atoms with Crippen molar-refractivity contribution >= 4 is 22.6 Å². The Bertz CT molecular complexity index is 241. The van der Waals surface area contributed by atoms with Crippen LogP contribution in [0.4, 0.5) is 0 Å². The Kier molecular flexibility index (Phi) is 4.75. The van der Waals surface area contributed by atoms with Crippen LogP contribution in [0.2, 0.25) is 0 Å². The summed E-state index contributed by atoms with van der Waals surface area (Å²) in [7, 11) is 0. The van der Waals surface area contributed by atoms with Crippen LogP contribution in [0.5, 0.6) is 0 Å². The molecule has 1 saturated carbocycles. The first-order valence-electron chi connectivity index (χ1n) is 7.04. The molecule has 0 aromatic rings. The summed E-state index contributed by atoms with van der Waals surface area (Å²) in [5, 5.41) is 3.47. The number of likely N-dealkylation sites (tertiary alicyclic amines) is 1. The van der Waals surface area contributed by atoms with Gasteiger partial charge in [-0.1, -0.05) is 43.4 Å². The topological polar surface area (TPSA) is 15.3 Å². The van der Waals surface area contributed by atoms with E-state index in [1.54, 1.807) is 0 Å². The van der Waals surface area contributed by atoms with E-state index in [9.17, 15) is 0 Å². The van der Waals surface area contributed by atoms with E-state index < -0.39 is 0 Å². The van der Waals surface area contributed by atoms with Gasteiger partial charge in [-0.3, -0.25) is 0 Å². The van der Waals surface area contributed by atoms with Gasteiger partial charge < -0.3 is 10.2 Å². The van der Waals surface area contributed by atoms with Crippen molar-refractivity contribution in [3.05, 3.63) is 0 Å². The summed E-state index contributed by atoms with van der Waals surface area (Å²) in [6.07, 6.45) is 2.98. The molecule has 2 aliphatic rings. The first-order valence-corrected chi connectivity index (χ1v) is 8.56. The van der Waals surface area contributed by atoms with Gasteiger partial charge in [0, 0.05) is 24.2 Å². The highest BCUT2D eigenvalue weighted by atomic mass is 127. The molecule has 0 unspecified atom stereocenters. The number of alkyl halides is 1. The average molecular weight is 350 g/mol. The van der Waals surface area contributed by atoms with Gasteiger partial charge in [0.15, 0.2) is 0 Å². The normalized spacial score (nSPS) is 25.9. The van der Waals surface area contributed by atoms with Crippen LogP contribution in [0.3, 0.4) is 0 Å². The molecule has 0 aromatic heterocycles. The third-order valence-electron chi connectivity index (χ3n) is 4.50. The summed E-state index contributed by atoms with van der Waals surface area (Å²) in [6.45, 7) is 12.3. The lowest BCUT2D eigenvalue weighted by atomic mass is 9.55. The number of hydrogen-bond acceptors (Lipinski definition) is 2. The van der Waals surface area contributed by atoms with Crippen LogP contribution >= 0.6 is 22.6 Å². The highest BCUT2D eigenvalue weighted by Gasteiger charge is 2.52. The minimum atomic E-state index is 0.748. The molecule has 2 rings (SSSR count). The molecule has 0 bridgehead atoms. The Hall–Kier alpha value is 0.650. The van der Waals surface area contributed by atoms with Crippen LogP contribution in [0.15, 0.2) is 0 Å². The minimum absolute atomic E-state index is 0.748. The van der Waals surface area contributed by atoms with Crippen molar-refractivity contribution in [2.24, 2.45) is 23.2 Å². The van der Waals surface area contributed by atoms with Gasteiger partial charge in [0.25, 0.3) is 0 Å². The predicted octanol–water partition coefficient (Wildman–Crippen LogP) is 2.97. The Labute approximate surface area is 120 Å². The monoisotopic (exact) mass is 350 g/mol. The highest BCUT2D eigenvalue weighted by molar-refractivity contribution is 14.1. The average Bonchev–Trinajstić information content (AvgIpc) is 2.15. The van der Waals surface area contributed by atoms with Crippen LogP contribution < -0.4 is 5.32 Å². The van der Waals surface area contributed by atoms with Crippen molar-refractivity contribution in [2.45, 2.75) is 33.6 Å². The third-order valence-corrected chi connectivity index (χ3v) is 5.04. The van der Waals surface area contributed by atoms with E-state index in [1.807, 2.05) is 0 Å². The molecule has 1 saturated heterocycles. The SMILES string of the molecule is CC(C)CN1CC2(CC([C@@H](C)CNCI)C2)C1. The second-order valence-corrected chi connectivity index (χ2v) is 7.56. The Morgan fingerprint density at radius 3 is 2.47 bits per heavy atom. The molecule has 2 nitrogen and oxygen atoms in total. The number of rotatable bonds is 6. The van der Waals surface area contributed by atoms with E-state index in [2.05, 4.69) is 53.6 Å². The second kappa shape index (κ2) is 5.74. The zero-order valence-electron chi connectivity index (χ0n) is 11.5. The molecule has 100 valence electrons. The lowest BCUT2D eigenvalue weighted by Crippen LogP contribution is -2.63. The van der Waals surface area contributed by atoms with Crippen molar-refractivity contribution < 1.29 is 0 Å². The van der Waals surface area contributed by atoms with Gasteiger partial charge in [-0.2, -0.15) is 0 Å². The fourth-order valence-electron chi connectivity index (χ4n) is 3.71. The molecule has 1 N–H and O–H groups in total. The lowest BCUT2D eigenvalue weighted by Gasteiger charge is -2.61. The predicted molar refractivity (Wildman–Crippen MR) is 82.5 cm³/mol. The summed E-state index contributed by atoms with van der Waals surface area (Å²) in [5.41, 5.74) is 0.748. The summed E-state index contributed by atoms with van der Waals surface area (Å²) in [5.74, 6) is 2.69. The molecule has 0 amide bonds. The van der Waals surface area contributed by atoms with Gasteiger partial charge in [-0.05, 0) is 42.6 Å². The van der Waals surface area contributed by atoms with Gasteiger partial charge in [0.1, 0.15) is 0 Å². The molecule has 1 aliphatic carbocycles. The maximum atomic E-state index is 3.47. The number of hydrogen-bond donors (Lipinski definition) is 1. The standard InChI is InChI=1S/C14H27IN2/c1-11(2)7-17-8-14(9-17)4-13(5-14)12(3)6-16-10-15/h11-13,16H,4-10H2,1-3H3/t12-/m0/s1. The van der Waals surface area contributed by atoms with Crippen LogP contribution in [0.1, 0.15) is 33.6 Å². The molecule has 3 heteroatoms. The van der Waals surface area contributed by atoms with E-state index >= 15 is 0 Å². The number of nitrogens with zero attached hydrogens (tertiary/aromatic N) is 1. The van der Waals surface area contributed by atoms with Crippen molar-refractivity contribution in [1.82, 2.24) is 10.2 Å². The lowest BCUT2D eigenvalue weighted by molar-refractivity contribution is -0.110.